The Hall–Kier alpha value is -0.830. The smallest absolute Gasteiger partial charge is 0.243 e. The predicted molar refractivity (Wildman–Crippen MR) is 53.1 cm³/mol. The Bertz CT molecular complexity index is 201. The molecule has 2 atom stereocenters. The molecular formula is C10H18N2O. The van der Waals surface area contributed by atoms with Gasteiger partial charge in [0.15, 0.2) is 0 Å². The maximum Gasteiger partial charge on any atom is 0.243 e. The van der Waals surface area contributed by atoms with Crippen LogP contribution >= 0.6 is 0 Å². The van der Waals surface area contributed by atoms with Gasteiger partial charge < -0.3 is 11.1 Å². The lowest BCUT2D eigenvalue weighted by atomic mass is 10.0. The third kappa shape index (κ3) is 2.84. The summed E-state index contributed by atoms with van der Waals surface area (Å²) in [5.74, 6) is 0.488. The van der Waals surface area contributed by atoms with Crippen LogP contribution in [0, 0.1) is 5.92 Å². The van der Waals surface area contributed by atoms with Crippen LogP contribution in [0.25, 0.3) is 0 Å². The van der Waals surface area contributed by atoms with Crippen molar-refractivity contribution >= 4 is 5.91 Å². The molecule has 1 aliphatic rings. The summed E-state index contributed by atoms with van der Waals surface area (Å²) in [6.45, 7) is 2.52. The Balaban J connectivity index is 2.39. The van der Waals surface area contributed by atoms with Crippen molar-refractivity contribution in [2.45, 2.75) is 32.2 Å². The van der Waals surface area contributed by atoms with E-state index in [0.29, 0.717) is 18.5 Å². The van der Waals surface area contributed by atoms with E-state index in [9.17, 15) is 4.79 Å². The number of nitrogens with one attached hydrogen (secondary N) is 1. The number of amides is 1. The lowest BCUT2D eigenvalue weighted by Gasteiger charge is -2.18. The third-order valence-corrected chi connectivity index (χ3v) is 2.61. The third-order valence-electron chi connectivity index (χ3n) is 2.61. The molecule has 3 heteroatoms. The Morgan fingerprint density at radius 1 is 1.62 bits per heavy atom. The average Bonchev–Trinajstić information content (AvgIpc) is 2.52. The zero-order chi connectivity index (χ0) is 9.68. The molecule has 1 amide bonds. The van der Waals surface area contributed by atoms with Crippen LogP contribution in [-0.2, 0) is 4.79 Å². The van der Waals surface area contributed by atoms with Gasteiger partial charge in [0.25, 0.3) is 0 Å². The molecule has 1 rings (SSSR count). The minimum atomic E-state index is 0.00727. The van der Waals surface area contributed by atoms with E-state index in [4.69, 9.17) is 5.73 Å². The van der Waals surface area contributed by atoms with Gasteiger partial charge in [-0.2, -0.15) is 0 Å². The maximum absolute atomic E-state index is 11.2. The molecule has 74 valence electrons. The number of carbonyl (C=O) groups excluding carboxylic acids is 1. The minimum Gasteiger partial charge on any atom is -0.350 e. The van der Waals surface area contributed by atoms with Gasteiger partial charge in [-0.3, -0.25) is 4.79 Å². The summed E-state index contributed by atoms with van der Waals surface area (Å²) in [5.41, 5.74) is 5.60. The highest BCUT2D eigenvalue weighted by atomic mass is 16.1. The van der Waals surface area contributed by atoms with Gasteiger partial charge in [-0.1, -0.05) is 12.5 Å². The summed E-state index contributed by atoms with van der Waals surface area (Å²) in [7, 11) is 0. The van der Waals surface area contributed by atoms with Gasteiger partial charge >= 0.3 is 0 Å². The minimum absolute atomic E-state index is 0.00727. The molecule has 0 aromatic carbocycles. The summed E-state index contributed by atoms with van der Waals surface area (Å²) in [5, 5.41) is 2.98. The first kappa shape index (κ1) is 10.3. The van der Waals surface area contributed by atoms with Crippen LogP contribution < -0.4 is 11.1 Å². The first-order valence-electron chi connectivity index (χ1n) is 4.91. The number of rotatable bonds is 3. The zero-order valence-corrected chi connectivity index (χ0v) is 8.12. The van der Waals surface area contributed by atoms with E-state index >= 15 is 0 Å². The van der Waals surface area contributed by atoms with Crippen molar-refractivity contribution < 1.29 is 4.79 Å². The fourth-order valence-electron chi connectivity index (χ4n) is 1.89. The molecule has 13 heavy (non-hydrogen) atoms. The Morgan fingerprint density at radius 2 is 2.38 bits per heavy atom. The molecule has 3 nitrogen and oxygen atoms in total. The highest BCUT2D eigenvalue weighted by Gasteiger charge is 2.26. The molecule has 1 aliphatic carbocycles. The first-order chi connectivity index (χ1) is 6.27. The van der Waals surface area contributed by atoms with Crippen molar-refractivity contribution in [2.75, 3.05) is 6.54 Å². The Morgan fingerprint density at radius 3 is 3.00 bits per heavy atom. The molecular weight excluding hydrogens is 164 g/mol. The zero-order valence-electron chi connectivity index (χ0n) is 8.12. The molecule has 0 aromatic heterocycles. The molecule has 0 saturated heterocycles. The first-order valence-corrected chi connectivity index (χ1v) is 4.91. The second kappa shape index (κ2) is 5.02. The van der Waals surface area contributed by atoms with Gasteiger partial charge in [-0.15, -0.1) is 0 Å². The standard InChI is InChI=1S/C10H18N2O/c1-2-4-10(13)12-9-6-3-5-8(9)7-11/h2,4,8-9H,3,5-7,11H2,1H3,(H,12,13)/b4-2+. The molecule has 0 radical (unpaired) electrons. The van der Waals surface area contributed by atoms with Gasteiger partial charge in [0.05, 0.1) is 0 Å². The fourth-order valence-corrected chi connectivity index (χ4v) is 1.89. The number of hydrogen-bond acceptors (Lipinski definition) is 2. The molecule has 1 fully saturated rings. The monoisotopic (exact) mass is 182 g/mol. The van der Waals surface area contributed by atoms with Crippen molar-refractivity contribution in [3.05, 3.63) is 12.2 Å². The second-order valence-electron chi connectivity index (χ2n) is 3.54. The Kier molecular flexibility index (Phi) is 3.96. The normalized spacial score (nSPS) is 28.2. The van der Waals surface area contributed by atoms with Crippen molar-refractivity contribution in [3.8, 4) is 0 Å². The summed E-state index contributed by atoms with van der Waals surface area (Å²) >= 11 is 0. The van der Waals surface area contributed by atoms with Crippen LogP contribution in [0.3, 0.4) is 0 Å². The highest BCUT2D eigenvalue weighted by Crippen LogP contribution is 2.24. The number of carbonyl (C=O) groups is 1. The predicted octanol–water partition coefficient (Wildman–Crippen LogP) is 0.806. The lowest BCUT2D eigenvalue weighted by Crippen LogP contribution is -2.39. The van der Waals surface area contributed by atoms with E-state index in [0.717, 1.165) is 12.8 Å². The van der Waals surface area contributed by atoms with Gasteiger partial charge in [-0.05, 0) is 38.3 Å². The van der Waals surface area contributed by atoms with Crippen molar-refractivity contribution in [3.63, 3.8) is 0 Å². The van der Waals surface area contributed by atoms with Crippen LogP contribution in [0.15, 0.2) is 12.2 Å². The molecule has 2 unspecified atom stereocenters. The Labute approximate surface area is 79.4 Å². The molecule has 0 bridgehead atoms. The highest BCUT2D eigenvalue weighted by molar-refractivity contribution is 5.87. The second-order valence-corrected chi connectivity index (χ2v) is 3.54. The number of allylic oxidation sites excluding steroid dienone is 1. The van der Waals surface area contributed by atoms with E-state index in [2.05, 4.69) is 5.32 Å². The van der Waals surface area contributed by atoms with Gasteiger partial charge in [0, 0.05) is 6.04 Å². The van der Waals surface area contributed by atoms with Crippen LogP contribution in [0.1, 0.15) is 26.2 Å². The lowest BCUT2D eigenvalue weighted by molar-refractivity contribution is -0.117. The SMILES string of the molecule is C/C=C/C(=O)NC1CCCC1CN. The van der Waals surface area contributed by atoms with Crippen LogP contribution in [0.4, 0.5) is 0 Å². The average molecular weight is 182 g/mol. The van der Waals surface area contributed by atoms with E-state index in [1.165, 1.54) is 6.42 Å². The van der Waals surface area contributed by atoms with E-state index in [-0.39, 0.29) is 5.91 Å². The summed E-state index contributed by atoms with van der Waals surface area (Å²) in [6, 6.07) is 0.300. The molecule has 0 spiro atoms. The molecule has 0 heterocycles. The summed E-state index contributed by atoms with van der Waals surface area (Å²) < 4.78 is 0. The van der Waals surface area contributed by atoms with Crippen LogP contribution in [0.2, 0.25) is 0 Å². The number of nitrogens with two attached hydrogens (primary N) is 1. The molecule has 0 aliphatic heterocycles. The van der Waals surface area contributed by atoms with Gasteiger partial charge in [-0.25, -0.2) is 0 Å². The maximum atomic E-state index is 11.2. The fraction of sp³-hybridized carbons (Fsp3) is 0.700. The van der Waals surface area contributed by atoms with Crippen LogP contribution in [0.5, 0.6) is 0 Å². The van der Waals surface area contributed by atoms with Gasteiger partial charge in [0.1, 0.15) is 0 Å². The van der Waals surface area contributed by atoms with E-state index in [1.807, 2.05) is 6.92 Å². The molecule has 3 N–H and O–H groups in total. The van der Waals surface area contributed by atoms with Gasteiger partial charge in [0.2, 0.25) is 5.91 Å². The largest absolute Gasteiger partial charge is 0.350 e. The molecule has 0 aromatic rings. The van der Waals surface area contributed by atoms with Crippen LogP contribution in [-0.4, -0.2) is 18.5 Å². The summed E-state index contributed by atoms with van der Waals surface area (Å²) in [4.78, 5) is 11.2. The van der Waals surface area contributed by atoms with Crippen molar-refractivity contribution in [1.82, 2.24) is 5.32 Å². The van der Waals surface area contributed by atoms with Crippen molar-refractivity contribution in [2.24, 2.45) is 11.7 Å². The number of hydrogen-bond donors (Lipinski definition) is 2. The van der Waals surface area contributed by atoms with E-state index < -0.39 is 0 Å². The summed E-state index contributed by atoms with van der Waals surface area (Å²) in [6.07, 6.45) is 6.72. The topological polar surface area (TPSA) is 55.1 Å². The molecule has 1 saturated carbocycles. The van der Waals surface area contributed by atoms with E-state index in [1.54, 1.807) is 12.2 Å². The van der Waals surface area contributed by atoms with Crippen molar-refractivity contribution in [1.29, 1.82) is 0 Å². The quantitative estimate of drug-likeness (QED) is 0.634.